The Labute approximate surface area is 348 Å². The molecular formula is C48H86N2O7. The minimum atomic E-state index is -1.39. The Morgan fingerprint density at radius 1 is 0.526 bits per heavy atom. The number of carboxylic acids is 1. The van der Waals surface area contributed by atoms with Gasteiger partial charge in [0.15, 0.2) is 0 Å². The highest BCUT2D eigenvalue weighted by molar-refractivity contribution is 5.87. The van der Waals surface area contributed by atoms with Gasteiger partial charge < -0.3 is 25.6 Å². The molecule has 330 valence electrons. The molecule has 2 atom stereocenters. The van der Waals surface area contributed by atoms with Gasteiger partial charge >= 0.3 is 11.9 Å². The van der Waals surface area contributed by atoms with E-state index in [1.54, 1.807) is 0 Å². The first kappa shape index (κ1) is 54.1. The third kappa shape index (κ3) is 39.7. The fraction of sp³-hybridized carbons (Fsp3) is 0.792. The Morgan fingerprint density at radius 3 is 1.44 bits per heavy atom. The zero-order valence-corrected chi connectivity index (χ0v) is 36.6. The quantitative estimate of drug-likeness (QED) is 0.0273. The molecular weight excluding hydrogens is 717 g/mol. The number of hydrogen-bond donors (Lipinski definition) is 4. The van der Waals surface area contributed by atoms with E-state index in [0.29, 0.717) is 12.8 Å². The lowest BCUT2D eigenvalue weighted by molar-refractivity contribution is -0.150. The van der Waals surface area contributed by atoms with Crippen molar-refractivity contribution >= 4 is 23.8 Å². The molecule has 4 N–H and O–H groups in total. The van der Waals surface area contributed by atoms with E-state index in [1.807, 2.05) is 0 Å². The molecule has 0 heterocycles. The van der Waals surface area contributed by atoms with E-state index in [-0.39, 0.29) is 30.9 Å². The highest BCUT2D eigenvalue weighted by Crippen LogP contribution is 2.18. The number of unbranched alkanes of at least 4 members (excludes halogenated alkanes) is 22. The van der Waals surface area contributed by atoms with Crippen molar-refractivity contribution in [2.75, 3.05) is 13.2 Å². The van der Waals surface area contributed by atoms with E-state index in [2.05, 4.69) is 60.9 Å². The molecule has 0 aliphatic heterocycles. The van der Waals surface area contributed by atoms with Crippen LogP contribution in [-0.2, 0) is 23.9 Å². The molecule has 0 fully saturated rings. The predicted molar refractivity (Wildman–Crippen MR) is 236 cm³/mol. The summed E-state index contributed by atoms with van der Waals surface area (Å²) in [4.78, 5) is 47.7. The van der Waals surface area contributed by atoms with E-state index in [9.17, 15) is 19.2 Å². The topological polar surface area (TPSA) is 142 Å². The second-order valence-corrected chi connectivity index (χ2v) is 15.8. The van der Waals surface area contributed by atoms with Crippen LogP contribution in [0.5, 0.6) is 0 Å². The molecule has 0 bridgehead atoms. The molecule has 0 aromatic heterocycles. The van der Waals surface area contributed by atoms with E-state index >= 15 is 0 Å². The lowest BCUT2D eigenvalue weighted by Crippen LogP contribution is -2.47. The van der Waals surface area contributed by atoms with Crippen molar-refractivity contribution in [1.29, 1.82) is 0 Å². The normalized spacial score (nSPS) is 12.8. The first-order valence-corrected chi connectivity index (χ1v) is 23.4. The minimum Gasteiger partial charge on any atom is -0.480 e. The molecule has 57 heavy (non-hydrogen) atoms. The summed E-state index contributed by atoms with van der Waals surface area (Å²) < 4.78 is 6.03. The molecule has 0 rings (SSSR count). The Morgan fingerprint density at radius 2 is 0.947 bits per heavy atom. The van der Waals surface area contributed by atoms with Gasteiger partial charge in [-0.05, 0) is 96.3 Å². The van der Waals surface area contributed by atoms with Crippen LogP contribution in [0.25, 0.3) is 0 Å². The Balaban J connectivity index is 4.39. The fourth-order valence-electron chi connectivity index (χ4n) is 6.74. The molecule has 0 aliphatic rings. The number of allylic oxidation sites excluding steroid dienone is 6. The molecule has 0 radical (unpaired) electrons. The third-order valence-corrected chi connectivity index (χ3v) is 10.4. The van der Waals surface area contributed by atoms with E-state index in [0.717, 1.165) is 89.9 Å². The number of ether oxygens (including phenoxy) is 1. The smallest absolute Gasteiger partial charge is 0.328 e. The number of aliphatic hydroxyl groups excluding tert-OH is 1. The van der Waals surface area contributed by atoms with Gasteiger partial charge in [0, 0.05) is 12.8 Å². The molecule has 9 heteroatoms. The summed E-state index contributed by atoms with van der Waals surface area (Å²) in [6.07, 6.45) is 48.8. The van der Waals surface area contributed by atoms with Crippen LogP contribution in [0.4, 0.5) is 0 Å². The van der Waals surface area contributed by atoms with Gasteiger partial charge in [0.05, 0.1) is 13.2 Å². The van der Waals surface area contributed by atoms with Crippen molar-refractivity contribution in [1.82, 2.24) is 10.6 Å². The number of rotatable bonds is 42. The van der Waals surface area contributed by atoms with Crippen LogP contribution < -0.4 is 10.6 Å². The number of aliphatic hydroxyl groups is 1. The maximum Gasteiger partial charge on any atom is 0.328 e. The lowest BCUT2D eigenvalue weighted by Gasteiger charge is -2.18. The highest BCUT2D eigenvalue weighted by atomic mass is 16.5. The SMILES string of the molecule is CCCCCCC/C=C\C/C=C\CCCCCC(CCCCCCCC(=O)NCC(=O)NC(CO)C(=O)O)OC(=O)CCCCCCC/C=C\CCCCCCC. The standard InChI is InChI=1S/C48H86N2O7/c1-3-5-7-9-11-13-15-17-19-20-22-24-26-29-33-37-43(57-47(54)40-36-32-27-25-23-21-18-16-14-12-10-8-6-4-2)38-34-30-28-31-35-39-45(52)49-41-46(53)50-44(42-51)48(55)56/h15-18,20,22,43-44,51H,3-14,19,21,23-42H2,1-2H3,(H,49,52)(H,50,53)(H,55,56)/b17-15-,18-16-,22-20-. The second kappa shape index (κ2) is 42.7. The second-order valence-electron chi connectivity index (χ2n) is 15.8. The first-order valence-electron chi connectivity index (χ1n) is 23.4. The zero-order valence-electron chi connectivity index (χ0n) is 36.6. The number of esters is 1. The van der Waals surface area contributed by atoms with Crippen molar-refractivity contribution in [3.63, 3.8) is 0 Å². The summed E-state index contributed by atoms with van der Waals surface area (Å²) in [5, 5.41) is 22.6. The number of amides is 2. The maximum absolute atomic E-state index is 12.8. The van der Waals surface area contributed by atoms with Crippen molar-refractivity contribution < 1.29 is 34.1 Å². The van der Waals surface area contributed by atoms with Crippen LogP contribution in [0.1, 0.15) is 219 Å². The monoisotopic (exact) mass is 803 g/mol. The summed E-state index contributed by atoms with van der Waals surface area (Å²) in [6, 6.07) is -1.39. The highest BCUT2D eigenvalue weighted by Gasteiger charge is 2.19. The van der Waals surface area contributed by atoms with Gasteiger partial charge in [0.1, 0.15) is 12.1 Å². The van der Waals surface area contributed by atoms with Gasteiger partial charge in [-0.3, -0.25) is 14.4 Å². The van der Waals surface area contributed by atoms with Gasteiger partial charge in [-0.25, -0.2) is 4.79 Å². The van der Waals surface area contributed by atoms with Gasteiger partial charge in [-0.15, -0.1) is 0 Å². The molecule has 0 saturated carbocycles. The summed E-state index contributed by atoms with van der Waals surface area (Å²) in [6.45, 7) is 3.47. The predicted octanol–water partition coefficient (Wildman–Crippen LogP) is 11.8. The molecule has 0 spiro atoms. The lowest BCUT2D eigenvalue weighted by atomic mass is 10.0. The van der Waals surface area contributed by atoms with Gasteiger partial charge in [0.25, 0.3) is 0 Å². The van der Waals surface area contributed by atoms with E-state index < -0.39 is 24.5 Å². The van der Waals surface area contributed by atoms with Crippen molar-refractivity contribution in [2.24, 2.45) is 0 Å². The molecule has 9 nitrogen and oxygen atoms in total. The molecule has 2 unspecified atom stereocenters. The summed E-state index contributed by atoms with van der Waals surface area (Å²) in [7, 11) is 0. The van der Waals surface area contributed by atoms with E-state index in [4.69, 9.17) is 14.9 Å². The maximum atomic E-state index is 12.8. The summed E-state index contributed by atoms with van der Waals surface area (Å²) in [5.74, 6) is -2.31. The summed E-state index contributed by atoms with van der Waals surface area (Å²) in [5.41, 5.74) is 0. The number of nitrogens with one attached hydrogen (secondary N) is 2. The zero-order chi connectivity index (χ0) is 41.9. The fourth-order valence-corrected chi connectivity index (χ4v) is 6.74. The largest absolute Gasteiger partial charge is 0.480 e. The Hall–Kier alpha value is -2.94. The first-order chi connectivity index (χ1) is 27.8. The van der Waals surface area contributed by atoms with Crippen LogP contribution >= 0.6 is 0 Å². The van der Waals surface area contributed by atoms with Crippen LogP contribution in [0.3, 0.4) is 0 Å². The van der Waals surface area contributed by atoms with Gasteiger partial charge in [0.2, 0.25) is 11.8 Å². The van der Waals surface area contributed by atoms with Crippen LogP contribution in [0.2, 0.25) is 0 Å². The van der Waals surface area contributed by atoms with Crippen molar-refractivity contribution in [2.45, 2.75) is 231 Å². The number of hydrogen-bond acceptors (Lipinski definition) is 6. The third-order valence-electron chi connectivity index (χ3n) is 10.4. The Kier molecular flexibility index (Phi) is 40.5. The van der Waals surface area contributed by atoms with Crippen LogP contribution in [-0.4, -0.2) is 59.3 Å². The van der Waals surface area contributed by atoms with Gasteiger partial charge in [-0.1, -0.05) is 147 Å². The average molecular weight is 803 g/mol. The number of carbonyl (C=O) groups excluding carboxylic acids is 3. The molecule has 0 aromatic carbocycles. The van der Waals surface area contributed by atoms with Crippen LogP contribution in [0.15, 0.2) is 36.5 Å². The Bertz CT molecular complexity index is 1060. The van der Waals surface area contributed by atoms with Crippen molar-refractivity contribution in [3.05, 3.63) is 36.5 Å². The molecule has 0 saturated heterocycles. The van der Waals surface area contributed by atoms with E-state index in [1.165, 1.54) is 96.3 Å². The molecule has 0 aliphatic carbocycles. The van der Waals surface area contributed by atoms with Crippen molar-refractivity contribution in [3.8, 4) is 0 Å². The van der Waals surface area contributed by atoms with Crippen LogP contribution in [0, 0.1) is 0 Å². The van der Waals surface area contributed by atoms with Gasteiger partial charge in [-0.2, -0.15) is 0 Å². The number of carboxylic acid groups (broad SMARTS) is 1. The average Bonchev–Trinajstić information content (AvgIpc) is 3.20. The molecule has 0 aromatic rings. The summed E-state index contributed by atoms with van der Waals surface area (Å²) >= 11 is 0. The molecule has 2 amide bonds. The number of carbonyl (C=O) groups is 4. The minimum absolute atomic E-state index is 0.0398. The number of aliphatic carboxylic acids is 1.